The van der Waals surface area contributed by atoms with Crippen LogP contribution in [0.15, 0.2) is 0 Å². The van der Waals surface area contributed by atoms with Crippen LogP contribution in [-0.2, 0) is 8.85 Å². The van der Waals surface area contributed by atoms with E-state index in [1.54, 1.807) is 0 Å². The SMILES string of the molecule is CC[Si](CC)(C[Si](CC)(CC)OC(C)(C)C)OC(C)(C)C. The Morgan fingerprint density at radius 1 is 0.571 bits per heavy atom. The van der Waals surface area contributed by atoms with E-state index in [1.165, 1.54) is 29.8 Å². The van der Waals surface area contributed by atoms with Gasteiger partial charge in [-0.05, 0) is 71.4 Å². The van der Waals surface area contributed by atoms with Gasteiger partial charge in [0, 0.05) is 11.2 Å². The molecular weight excluding hydrogens is 292 g/mol. The van der Waals surface area contributed by atoms with Crippen LogP contribution in [0, 0.1) is 0 Å². The molecule has 0 radical (unpaired) electrons. The molecular formula is C17H40O2Si2. The largest absolute Gasteiger partial charge is 0.412 e. The highest BCUT2D eigenvalue weighted by Gasteiger charge is 2.46. The molecule has 0 heterocycles. The van der Waals surface area contributed by atoms with E-state index >= 15 is 0 Å². The van der Waals surface area contributed by atoms with Gasteiger partial charge in [-0.15, -0.1) is 0 Å². The predicted octanol–water partition coefficient (Wildman–Crippen LogP) is 6.13. The average molecular weight is 333 g/mol. The highest BCUT2D eigenvalue weighted by atomic mass is 28.4. The Labute approximate surface area is 136 Å². The third kappa shape index (κ3) is 7.44. The van der Waals surface area contributed by atoms with Crippen molar-refractivity contribution in [2.75, 3.05) is 0 Å². The molecule has 0 aromatic carbocycles. The van der Waals surface area contributed by atoms with Gasteiger partial charge in [-0.3, -0.25) is 0 Å². The number of hydrogen-bond acceptors (Lipinski definition) is 2. The van der Waals surface area contributed by atoms with Crippen molar-refractivity contribution in [1.82, 2.24) is 0 Å². The summed E-state index contributed by atoms with van der Waals surface area (Å²) in [5.41, 5.74) is 1.16. The Kier molecular flexibility index (Phi) is 7.89. The molecule has 0 saturated carbocycles. The summed E-state index contributed by atoms with van der Waals surface area (Å²) in [6.45, 7) is 22.5. The molecule has 0 aliphatic heterocycles. The number of hydrogen-bond donors (Lipinski definition) is 0. The second-order valence-electron chi connectivity index (χ2n) is 8.39. The second-order valence-corrected chi connectivity index (χ2v) is 17.8. The summed E-state index contributed by atoms with van der Waals surface area (Å²) in [5, 5.41) is 0. The normalized spacial score (nSPS) is 14.6. The quantitative estimate of drug-likeness (QED) is 0.498. The molecule has 0 unspecified atom stereocenters. The Morgan fingerprint density at radius 2 is 0.810 bits per heavy atom. The van der Waals surface area contributed by atoms with E-state index in [-0.39, 0.29) is 11.2 Å². The summed E-state index contributed by atoms with van der Waals surface area (Å²) in [5.74, 6) is 0. The summed E-state index contributed by atoms with van der Waals surface area (Å²) in [4.78, 5) is 0. The Morgan fingerprint density at radius 3 is 0.952 bits per heavy atom. The maximum absolute atomic E-state index is 6.69. The van der Waals surface area contributed by atoms with Gasteiger partial charge in [0.1, 0.15) is 0 Å². The van der Waals surface area contributed by atoms with Gasteiger partial charge in [-0.25, -0.2) is 0 Å². The van der Waals surface area contributed by atoms with Crippen LogP contribution in [0.1, 0.15) is 69.2 Å². The minimum atomic E-state index is -1.72. The minimum Gasteiger partial charge on any atom is -0.412 e. The molecule has 0 bridgehead atoms. The van der Waals surface area contributed by atoms with Gasteiger partial charge in [0.25, 0.3) is 0 Å². The first kappa shape index (κ1) is 21.4. The molecule has 0 saturated heterocycles. The summed E-state index contributed by atoms with van der Waals surface area (Å²) >= 11 is 0. The Bertz CT molecular complexity index is 265. The molecule has 0 fully saturated rings. The molecule has 0 spiro atoms. The van der Waals surface area contributed by atoms with Crippen molar-refractivity contribution in [2.24, 2.45) is 0 Å². The van der Waals surface area contributed by atoms with Crippen molar-refractivity contribution in [3.8, 4) is 0 Å². The van der Waals surface area contributed by atoms with Crippen LogP contribution in [0.25, 0.3) is 0 Å². The first-order valence-corrected chi connectivity index (χ1v) is 13.8. The molecule has 0 aromatic rings. The van der Waals surface area contributed by atoms with Gasteiger partial charge in [-0.1, -0.05) is 27.7 Å². The summed E-state index contributed by atoms with van der Waals surface area (Å²) in [7, 11) is -3.44. The fraction of sp³-hybridized carbons (Fsp3) is 1.00. The standard InChI is InChI=1S/C17H40O2Si2/c1-11-20(12-2,18-16(5,6)7)15-21(13-3,14-4)19-17(8,9)10/h11-15H2,1-10H3. The highest BCUT2D eigenvalue weighted by molar-refractivity contribution is 6.91. The van der Waals surface area contributed by atoms with Crippen molar-refractivity contribution >= 4 is 16.6 Å². The van der Waals surface area contributed by atoms with Crippen molar-refractivity contribution in [3.05, 3.63) is 0 Å². The molecule has 0 N–H and O–H groups in total. The Hall–Kier alpha value is 0.354. The van der Waals surface area contributed by atoms with Gasteiger partial charge >= 0.3 is 0 Å². The van der Waals surface area contributed by atoms with Crippen molar-refractivity contribution in [1.29, 1.82) is 0 Å². The van der Waals surface area contributed by atoms with Crippen LogP contribution in [0.2, 0.25) is 29.8 Å². The van der Waals surface area contributed by atoms with E-state index in [1.807, 2.05) is 0 Å². The molecule has 21 heavy (non-hydrogen) atoms. The lowest BCUT2D eigenvalue weighted by atomic mass is 10.2. The van der Waals surface area contributed by atoms with Crippen LogP contribution < -0.4 is 0 Å². The minimum absolute atomic E-state index is 0.0401. The average Bonchev–Trinajstić information content (AvgIpc) is 2.33. The van der Waals surface area contributed by atoms with Crippen molar-refractivity contribution in [3.63, 3.8) is 0 Å². The molecule has 0 amide bonds. The van der Waals surface area contributed by atoms with Gasteiger partial charge in [0.2, 0.25) is 0 Å². The lowest BCUT2D eigenvalue weighted by Gasteiger charge is -2.44. The van der Waals surface area contributed by atoms with E-state index < -0.39 is 16.6 Å². The Balaban J connectivity index is 5.42. The van der Waals surface area contributed by atoms with E-state index in [0.717, 1.165) is 0 Å². The fourth-order valence-corrected chi connectivity index (χ4v) is 16.7. The molecule has 2 nitrogen and oxygen atoms in total. The maximum Gasteiger partial charge on any atom is 0.192 e. The zero-order valence-electron chi connectivity index (χ0n) is 16.4. The summed E-state index contributed by atoms with van der Waals surface area (Å²) in [6.07, 6.45) is 0. The van der Waals surface area contributed by atoms with Crippen molar-refractivity contribution in [2.45, 2.75) is 110 Å². The van der Waals surface area contributed by atoms with Crippen LogP contribution in [-0.4, -0.2) is 27.8 Å². The summed E-state index contributed by atoms with van der Waals surface area (Å²) < 4.78 is 13.4. The van der Waals surface area contributed by atoms with Crippen LogP contribution in [0.5, 0.6) is 0 Å². The van der Waals surface area contributed by atoms with Crippen LogP contribution >= 0.6 is 0 Å². The topological polar surface area (TPSA) is 18.5 Å². The third-order valence-corrected chi connectivity index (χ3v) is 16.7. The molecule has 0 aliphatic carbocycles. The number of rotatable bonds is 8. The van der Waals surface area contributed by atoms with Crippen LogP contribution in [0.4, 0.5) is 0 Å². The second kappa shape index (κ2) is 7.76. The monoisotopic (exact) mass is 332 g/mol. The molecule has 128 valence electrons. The highest BCUT2D eigenvalue weighted by Crippen LogP contribution is 2.37. The van der Waals surface area contributed by atoms with Gasteiger partial charge < -0.3 is 8.85 Å². The zero-order valence-corrected chi connectivity index (χ0v) is 18.4. The first-order chi connectivity index (χ1) is 9.36. The summed E-state index contributed by atoms with van der Waals surface area (Å²) in [6, 6.07) is 4.79. The lowest BCUT2D eigenvalue weighted by molar-refractivity contribution is 0.107. The smallest absolute Gasteiger partial charge is 0.192 e. The maximum atomic E-state index is 6.69. The van der Waals surface area contributed by atoms with Crippen molar-refractivity contribution < 1.29 is 8.85 Å². The van der Waals surface area contributed by atoms with Crippen LogP contribution in [0.3, 0.4) is 0 Å². The molecule has 0 aliphatic rings. The molecule has 4 heteroatoms. The lowest BCUT2D eigenvalue weighted by Crippen LogP contribution is -2.54. The molecule has 0 aromatic heterocycles. The van der Waals surface area contributed by atoms with E-state index in [4.69, 9.17) is 8.85 Å². The van der Waals surface area contributed by atoms with Gasteiger partial charge in [0.15, 0.2) is 16.6 Å². The predicted molar refractivity (Wildman–Crippen MR) is 99.9 cm³/mol. The van der Waals surface area contributed by atoms with Gasteiger partial charge in [0.05, 0.1) is 0 Å². The van der Waals surface area contributed by atoms with E-state index in [0.29, 0.717) is 0 Å². The fourth-order valence-electron chi connectivity index (χ4n) is 3.25. The molecule has 0 atom stereocenters. The van der Waals surface area contributed by atoms with Gasteiger partial charge in [-0.2, -0.15) is 0 Å². The third-order valence-electron chi connectivity index (χ3n) is 4.27. The van der Waals surface area contributed by atoms with E-state index in [2.05, 4.69) is 69.2 Å². The molecule has 0 rings (SSSR count). The zero-order chi connectivity index (χ0) is 16.9. The first-order valence-electron chi connectivity index (χ1n) is 8.77. The van der Waals surface area contributed by atoms with E-state index in [9.17, 15) is 0 Å².